The lowest BCUT2D eigenvalue weighted by atomic mass is 10.1. The third kappa shape index (κ3) is 4.10. The lowest BCUT2D eigenvalue weighted by Crippen LogP contribution is -2.13. The van der Waals surface area contributed by atoms with Gasteiger partial charge in [-0.1, -0.05) is 6.92 Å². The van der Waals surface area contributed by atoms with E-state index in [0.717, 1.165) is 42.3 Å². The molecular formula is C14H21N3O2S. The van der Waals surface area contributed by atoms with Gasteiger partial charge in [-0.15, -0.1) is 11.8 Å². The minimum atomic E-state index is -0.128. The van der Waals surface area contributed by atoms with Crippen LogP contribution in [0.3, 0.4) is 0 Å². The minimum Gasteiger partial charge on any atom is -0.469 e. The fraction of sp³-hybridized carbons (Fsp3) is 0.643. The van der Waals surface area contributed by atoms with Crippen LogP contribution >= 0.6 is 11.8 Å². The van der Waals surface area contributed by atoms with Gasteiger partial charge in [-0.2, -0.15) is 0 Å². The van der Waals surface area contributed by atoms with Crippen LogP contribution in [0.1, 0.15) is 38.4 Å². The fourth-order valence-electron chi connectivity index (χ4n) is 2.06. The van der Waals surface area contributed by atoms with Crippen LogP contribution in [0, 0.1) is 5.41 Å². The minimum absolute atomic E-state index is 0.0996. The first kappa shape index (κ1) is 15.1. The van der Waals surface area contributed by atoms with Gasteiger partial charge in [0.15, 0.2) is 0 Å². The second kappa shape index (κ2) is 6.43. The Bertz CT molecular complexity index is 489. The summed E-state index contributed by atoms with van der Waals surface area (Å²) in [6.45, 7) is 2.09. The Morgan fingerprint density at radius 2 is 2.25 bits per heavy atom. The van der Waals surface area contributed by atoms with Gasteiger partial charge in [-0.05, 0) is 24.7 Å². The number of rotatable bonds is 7. The van der Waals surface area contributed by atoms with Gasteiger partial charge in [0.25, 0.3) is 0 Å². The Morgan fingerprint density at radius 3 is 2.85 bits per heavy atom. The molecule has 0 saturated heterocycles. The summed E-state index contributed by atoms with van der Waals surface area (Å²) in [7, 11) is 1.44. The molecule has 5 nitrogen and oxygen atoms in total. The van der Waals surface area contributed by atoms with Gasteiger partial charge in [0.2, 0.25) is 0 Å². The summed E-state index contributed by atoms with van der Waals surface area (Å²) in [5.74, 6) is 2.07. The highest BCUT2D eigenvalue weighted by molar-refractivity contribution is 7.99. The van der Waals surface area contributed by atoms with Crippen molar-refractivity contribution in [3.63, 3.8) is 0 Å². The number of anilines is 1. The van der Waals surface area contributed by atoms with E-state index in [1.165, 1.54) is 7.11 Å². The van der Waals surface area contributed by atoms with Gasteiger partial charge in [0.1, 0.15) is 16.7 Å². The average Bonchev–Trinajstić information content (AvgIpc) is 3.16. The van der Waals surface area contributed by atoms with E-state index < -0.39 is 0 Å². The number of carbonyl (C=O) groups is 1. The Labute approximate surface area is 123 Å². The molecule has 0 amide bonds. The second-order valence-corrected chi connectivity index (χ2v) is 6.33. The molecule has 2 N–H and O–H groups in total. The summed E-state index contributed by atoms with van der Waals surface area (Å²) >= 11 is 1.66. The topological polar surface area (TPSA) is 78.1 Å². The molecular weight excluding hydrogens is 274 g/mol. The fourth-order valence-corrected chi connectivity index (χ4v) is 3.27. The van der Waals surface area contributed by atoms with Crippen molar-refractivity contribution in [2.75, 3.05) is 18.6 Å². The second-order valence-electron chi connectivity index (χ2n) is 5.34. The number of ether oxygens (including phenoxy) is 1. The van der Waals surface area contributed by atoms with Crippen LogP contribution in [0.4, 0.5) is 5.82 Å². The predicted molar refractivity (Wildman–Crippen MR) is 79.5 cm³/mol. The molecule has 0 unspecified atom stereocenters. The molecule has 1 aromatic rings. The highest BCUT2D eigenvalue weighted by atomic mass is 32.2. The molecule has 6 heteroatoms. The van der Waals surface area contributed by atoms with Crippen LogP contribution in [-0.2, 0) is 16.0 Å². The highest BCUT2D eigenvalue weighted by Gasteiger charge is 2.44. The quantitative estimate of drug-likeness (QED) is 0.473. The normalized spacial score (nSPS) is 15.9. The van der Waals surface area contributed by atoms with Crippen molar-refractivity contribution in [3.05, 3.63) is 11.9 Å². The van der Waals surface area contributed by atoms with E-state index in [1.807, 2.05) is 0 Å². The van der Waals surface area contributed by atoms with Crippen molar-refractivity contribution in [2.45, 2.75) is 44.1 Å². The van der Waals surface area contributed by atoms with Crippen LogP contribution in [0.2, 0.25) is 0 Å². The van der Waals surface area contributed by atoms with Crippen LogP contribution in [0.25, 0.3) is 0 Å². The van der Waals surface area contributed by atoms with Gasteiger partial charge in [0, 0.05) is 18.2 Å². The predicted octanol–water partition coefficient (Wildman–Crippen LogP) is 2.45. The smallest absolute Gasteiger partial charge is 0.306 e. The van der Waals surface area contributed by atoms with Gasteiger partial charge in [-0.3, -0.25) is 4.79 Å². The van der Waals surface area contributed by atoms with Gasteiger partial charge in [0.05, 0.1) is 13.5 Å². The third-order valence-electron chi connectivity index (χ3n) is 3.47. The zero-order valence-electron chi connectivity index (χ0n) is 12.0. The van der Waals surface area contributed by atoms with Crippen molar-refractivity contribution in [2.24, 2.45) is 5.41 Å². The summed E-state index contributed by atoms with van der Waals surface area (Å²) in [5, 5.41) is 0.900. The number of carbonyl (C=O) groups excluding carboxylic acids is 1. The van der Waals surface area contributed by atoms with Crippen molar-refractivity contribution in [3.8, 4) is 0 Å². The Morgan fingerprint density at radius 1 is 1.50 bits per heavy atom. The molecule has 0 atom stereocenters. The Kier molecular flexibility index (Phi) is 4.86. The first-order valence-electron chi connectivity index (χ1n) is 6.90. The van der Waals surface area contributed by atoms with Crippen molar-refractivity contribution in [1.29, 1.82) is 0 Å². The Balaban J connectivity index is 1.95. The molecule has 1 heterocycles. The third-order valence-corrected chi connectivity index (χ3v) is 4.73. The number of aryl methyl sites for hydroxylation is 1. The average molecular weight is 295 g/mol. The van der Waals surface area contributed by atoms with Crippen LogP contribution in [0.5, 0.6) is 0 Å². The SMILES string of the molecule is CCCc1nc(N)cc(SCC2(CC(=O)OC)CC2)n1. The summed E-state index contributed by atoms with van der Waals surface area (Å²) in [4.78, 5) is 20.1. The molecule has 1 aromatic heterocycles. The van der Waals surface area contributed by atoms with Crippen LogP contribution < -0.4 is 5.73 Å². The van der Waals surface area contributed by atoms with Crippen molar-refractivity contribution >= 4 is 23.5 Å². The lowest BCUT2D eigenvalue weighted by molar-refractivity contribution is -0.141. The van der Waals surface area contributed by atoms with E-state index in [0.29, 0.717) is 12.2 Å². The molecule has 1 aliphatic rings. The number of methoxy groups -OCH3 is 1. The Hall–Kier alpha value is -1.30. The molecule has 20 heavy (non-hydrogen) atoms. The number of hydrogen-bond donors (Lipinski definition) is 1. The molecule has 0 spiro atoms. The largest absolute Gasteiger partial charge is 0.469 e. The van der Waals surface area contributed by atoms with Crippen LogP contribution in [-0.4, -0.2) is 28.8 Å². The maximum absolute atomic E-state index is 11.4. The first-order chi connectivity index (χ1) is 9.57. The lowest BCUT2D eigenvalue weighted by Gasteiger charge is -2.13. The molecule has 110 valence electrons. The van der Waals surface area contributed by atoms with Gasteiger partial charge < -0.3 is 10.5 Å². The molecule has 0 aromatic carbocycles. The molecule has 1 aliphatic carbocycles. The molecule has 1 fully saturated rings. The molecule has 0 radical (unpaired) electrons. The molecule has 0 bridgehead atoms. The molecule has 1 saturated carbocycles. The summed E-state index contributed by atoms with van der Waals surface area (Å²) in [6, 6.07) is 1.80. The number of hydrogen-bond acceptors (Lipinski definition) is 6. The zero-order chi connectivity index (χ0) is 14.6. The number of aromatic nitrogens is 2. The summed E-state index contributed by atoms with van der Waals surface area (Å²) in [5.41, 5.74) is 5.91. The maximum atomic E-state index is 11.4. The van der Waals surface area contributed by atoms with Crippen LogP contribution in [0.15, 0.2) is 11.1 Å². The monoisotopic (exact) mass is 295 g/mol. The van der Waals surface area contributed by atoms with Crippen molar-refractivity contribution in [1.82, 2.24) is 9.97 Å². The van der Waals surface area contributed by atoms with E-state index in [2.05, 4.69) is 16.9 Å². The molecule has 0 aliphatic heterocycles. The van der Waals surface area contributed by atoms with E-state index in [-0.39, 0.29) is 11.4 Å². The van der Waals surface area contributed by atoms with E-state index in [1.54, 1.807) is 17.8 Å². The number of nitrogens with zero attached hydrogens (tertiary/aromatic N) is 2. The number of nitrogen functional groups attached to an aromatic ring is 1. The summed E-state index contributed by atoms with van der Waals surface area (Å²) in [6.07, 6.45) is 4.50. The van der Waals surface area contributed by atoms with Crippen molar-refractivity contribution < 1.29 is 9.53 Å². The van der Waals surface area contributed by atoms with Gasteiger partial charge in [-0.25, -0.2) is 9.97 Å². The van der Waals surface area contributed by atoms with E-state index >= 15 is 0 Å². The standard InChI is InChI=1S/C14H21N3O2S/c1-3-4-11-16-10(15)7-12(17-11)20-9-14(5-6-14)8-13(18)19-2/h7H,3-6,8-9H2,1-2H3,(H2,15,16,17). The highest BCUT2D eigenvalue weighted by Crippen LogP contribution is 2.52. The number of thioether (sulfide) groups is 1. The van der Waals surface area contributed by atoms with E-state index in [9.17, 15) is 4.79 Å². The zero-order valence-corrected chi connectivity index (χ0v) is 12.8. The van der Waals surface area contributed by atoms with Gasteiger partial charge >= 0.3 is 5.97 Å². The number of esters is 1. The maximum Gasteiger partial charge on any atom is 0.306 e. The molecule has 2 rings (SSSR count). The van der Waals surface area contributed by atoms with E-state index in [4.69, 9.17) is 10.5 Å². The first-order valence-corrected chi connectivity index (χ1v) is 7.88. The summed E-state index contributed by atoms with van der Waals surface area (Å²) < 4.78 is 4.75. The number of nitrogens with two attached hydrogens (primary N) is 1.